The maximum atomic E-state index is 13.5. The molecular weight excluding hydrogens is 351 g/mol. The van der Waals surface area contributed by atoms with Crippen molar-refractivity contribution in [3.63, 3.8) is 0 Å². The number of ether oxygens (including phenoxy) is 2. The fourth-order valence-electron chi connectivity index (χ4n) is 2.08. The molecule has 2 aromatic rings. The number of nitro groups is 1. The number of para-hydroxylation sites is 1. The van der Waals surface area contributed by atoms with Crippen molar-refractivity contribution in [3.8, 4) is 11.5 Å². The zero-order valence-electron chi connectivity index (χ0n) is 12.6. The molecule has 0 saturated heterocycles. The molecule has 0 fully saturated rings. The molecule has 0 aliphatic carbocycles. The van der Waals surface area contributed by atoms with Crippen molar-refractivity contribution in [1.29, 1.82) is 0 Å². The molecule has 8 nitrogen and oxygen atoms in total. The molecule has 1 aliphatic heterocycles. The maximum absolute atomic E-state index is 13.5. The van der Waals surface area contributed by atoms with Gasteiger partial charge in [0.05, 0.1) is 28.5 Å². The van der Waals surface area contributed by atoms with E-state index in [1.54, 1.807) is 12.1 Å². The molecule has 0 unspecified atom stereocenters. The lowest BCUT2D eigenvalue weighted by Gasteiger charge is -2.07. The average Bonchev–Trinajstić information content (AvgIpc) is 3.03. The number of benzene rings is 2. The molecule has 0 atom stereocenters. The second kappa shape index (κ2) is 7.09. The fraction of sp³-hybridized carbons (Fsp3) is 0.0667. The fourth-order valence-corrected chi connectivity index (χ4v) is 2.24. The smallest absolute Gasteiger partial charge is 0.282 e. The largest absolute Gasteiger partial charge is 0.454 e. The summed E-state index contributed by atoms with van der Waals surface area (Å²) in [6, 6.07) is 8.69. The van der Waals surface area contributed by atoms with Gasteiger partial charge in [-0.25, -0.2) is 4.39 Å². The summed E-state index contributed by atoms with van der Waals surface area (Å²) in [5, 5.41) is 17.6. The lowest BCUT2D eigenvalue weighted by atomic mass is 10.1. The maximum Gasteiger partial charge on any atom is 0.282 e. The van der Waals surface area contributed by atoms with Crippen LogP contribution in [0.25, 0.3) is 0 Å². The Bertz CT molecular complexity index is 875. The van der Waals surface area contributed by atoms with Crippen molar-refractivity contribution in [1.82, 2.24) is 5.43 Å². The Kier molecular flexibility index (Phi) is 4.70. The Balaban J connectivity index is 1.71. The van der Waals surface area contributed by atoms with Gasteiger partial charge in [-0.05, 0) is 30.4 Å². The number of halogens is 1. The molecule has 2 N–H and O–H groups in total. The van der Waals surface area contributed by atoms with Crippen molar-refractivity contribution < 1.29 is 18.8 Å². The highest BCUT2D eigenvalue weighted by Gasteiger charge is 2.22. The van der Waals surface area contributed by atoms with Gasteiger partial charge in [0.15, 0.2) is 16.6 Å². The molecule has 0 bridgehead atoms. The third-order valence-corrected chi connectivity index (χ3v) is 3.40. The average molecular weight is 362 g/mol. The van der Waals surface area contributed by atoms with Crippen LogP contribution in [-0.2, 0) is 0 Å². The topological polar surface area (TPSA) is 98.0 Å². The summed E-state index contributed by atoms with van der Waals surface area (Å²) < 4.78 is 23.8. The molecule has 3 rings (SSSR count). The van der Waals surface area contributed by atoms with E-state index in [2.05, 4.69) is 15.8 Å². The van der Waals surface area contributed by atoms with Gasteiger partial charge in [-0.15, -0.1) is 0 Å². The first-order valence-corrected chi connectivity index (χ1v) is 7.38. The Morgan fingerprint density at radius 3 is 2.76 bits per heavy atom. The van der Waals surface area contributed by atoms with Crippen LogP contribution in [-0.4, -0.2) is 23.0 Å². The highest BCUT2D eigenvalue weighted by Crippen LogP contribution is 2.37. The van der Waals surface area contributed by atoms with Crippen LogP contribution in [0.1, 0.15) is 5.56 Å². The van der Waals surface area contributed by atoms with E-state index < -0.39 is 10.7 Å². The number of hydrogen-bond acceptors (Lipinski definition) is 6. The Labute approximate surface area is 146 Å². The molecule has 0 amide bonds. The Hall–Kier alpha value is -3.27. The summed E-state index contributed by atoms with van der Waals surface area (Å²) in [5.41, 5.74) is 2.67. The van der Waals surface area contributed by atoms with E-state index in [1.807, 2.05) is 0 Å². The van der Waals surface area contributed by atoms with E-state index in [9.17, 15) is 14.5 Å². The number of hydrogen-bond donors (Lipinski definition) is 2. The highest BCUT2D eigenvalue weighted by atomic mass is 32.1. The van der Waals surface area contributed by atoms with Gasteiger partial charge in [0.1, 0.15) is 5.82 Å². The summed E-state index contributed by atoms with van der Waals surface area (Å²) in [4.78, 5) is 10.6. The molecule has 1 heterocycles. The minimum atomic E-state index is -0.556. The number of thiocarbonyl (C=S) groups is 1. The molecule has 1 aliphatic rings. The van der Waals surface area contributed by atoms with Crippen molar-refractivity contribution in [2.75, 3.05) is 12.1 Å². The van der Waals surface area contributed by atoms with Gasteiger partial charge >= 0.3 is 0 Å². The molecule has 25 heavy (non-hydrogen) atoms. The van der Waals surface area contributed by atoms with E-state index in [-0.39, 0.29) is 28.8 Å². The number of nitro benzene ring substituents is 1. The zero-order valence-corrected chi connectivity index (χ0v) is 13.4. The van der Waals surface area contributed by atoms with Crippen LogP contribution in [0.5, 0.6) is 11.5 Å². The summed E-state index contributed by atoms with van der Waals surface area (Å²) in [5.74, 6) is 0.217. The van der Waals surface area contributed by atoms with Crippen LogP contribution in [0, 0.1) is 15.9 Å². The van der Waals surface area contributed by atoms with Crippen LogP contribution in [0.3, 0.4) is 0 Å². The quantitative estimate of drug-likeness (QED) is 0.373. The molecule has 2 aromatic carbocycles. The minimum Gasteiger partial charge on any atom is -0.454 e. The van der Waals surface area contributed by atoms with Gasteiger partial charge in [-0.1, -0.05) is 12.1 Å². The lowest BCUT2D eigenvalue weighted by Crippen LogP contribution is -2.24. The molecule has 0 spiro atoms. The molecule has 0 aromatic heterocycles. The molecule has 10 heteroatoms. The van der Waals surface area contributed by atoms with Crippen molar-refractivity contribution in [2.45, 2.75) is 0 Å². The van der Waals surface area contributed by atoms with Crippen LogP contribution in [0.2, 0.25) is 0 Å². The normalized spacial score (nSPS) is 12.2. The monoisotopic (exact) mass is 362 g/mol. The van der Waals surface area contributed by atoms with Crippen LogP contribution in [0.4, 0.5) is 15.8 Å². The molecule has 128 valence electrons. The number of rotatable bonds is 4. The predicted octanol–water partition coefficient (Wildman–Crippen LogP) is 2.78. The van der Waals surface area contributed by atoms with Crippen LogP contribution < -0.4 is 20.2 Å². The second-order valence-electron chi connectivity index (χ2n) is 4.83. The first-order valence-electron chi connectivity index (χ1n) is 6.97. The van der Waals surface area contributed by atoms with Gasteiger partial charge < -0.3 is 14.8 Å². The second-order valence-corrected chi connectivity index (χ2v) is 5.23. The van der Waals surface area contributed by atoms with Crippen LogP contribution in [0.15, 0.2) is 41.5 Å². The number of hydrazone groups is 1. The minimum absolute atomic E-state index is 0.00196. The number of fused-ring (bicyclic) bond motifs is 1. The van der Waals surface area contributed by atoms with Crippen molar-refractivity contribution in [2.24, 2.45) is 5.10 Å². The van der Waals surface area contributed by atoms with Gasteiger partial charge in [0, 0.05) is 0 Å². The predicted molar refractivity (Wildman–Crippen MR) is 92.6 cm³/mol. The zero-order chi connectivity index (χ0) is 17.8. The van der Waals surface area contributed by atoms with Crippen molar-refractivity contribution >= 4 is 34.9 Å². The van der Waals surface area contributed by atoms with Crippen molar-refractivity contribution in [3.05, 3.63) is 57.9 Å². The van der Waals surface area contributed by atoms with E-state index in [4.69, 9.17) is 21.7 Å². The molecular formula is C15H11FN4O4S. The van der Waals surface area contributed by atoms with E-state index in [0.29, 0.717) is 11.5 Å². The van der Waals surface area contributed by atoms with Gasteiger partial charge in [-0.2, -0.15) is 5.10 Å². The molecule has 0 radical (unpaired) electrons. The van der Waals surface area contributed by atoms with Crippen LogP contribution >= 0.6 is 12.2 Å². The third kappa shape index (κ3) is 3.80. The Morgan fingerprint density at radius 2 is 2.04 bits per heavy atom. The van der Waals surface area contributed by atoms with E-state index in [0.717, 1.165) is 0 Å². The first kappa shape index (κ1) is 16.6. The standard InChI is InChI=1S/C15H11FN4O4S/c16-10-3-1-2-4-11(10)18-15(25)19-17-7-9-5-13-14(24-8-23-13)6-12(9)20(21)22/h1-7H,8H2,(H2,18,19,25)/b17-7-. The number of nitrogens with one attached hydrogen (secondary N) is 2. The van der Waals surface area contributed by atoms with E-state index >= 15 is 0 Å². The van der Waals surface area contributed by atoms with Gasteiger partial charge in [0.2, 0.25) is 6.79 Å². The SMILES string of the molecule is O=[N+]([O-])c1cc2c(cc1/C=N\NC(=S)Nc1ccccc1F)OCO2. The summed E-state index contributed by atoms with van der Waals surface area (Å²) in [6.45, 7) is 0.00196. The summed E-state index contributed by atoms with van der Waals surface area (Å²) in [6.07, 6.45) is 1.22. The number of anilines is 1. The van der Waals surface area contributed by atoms with Gasteiger partial charge in [-0.3, -0.25) is 15.5 Å². The van der Waals surface area contributed by atoms with Gasteiger partial charge in [0.25, 0.3) is 5.69 Å². The summed E-state index contributed by atoms with van der Waals surface area (Å²) in [7, 11) is 0. The Morgan fingerprint density at radius 1 is 1.32 bits per heavy atom. The first-order chi connectivity index (χ1) is 12.0. The van der Waals surface area contributed by atoms with E-state index in [1.165, 1.54) is 30.5 Å². The molecule has 0 saturated carbocycles. The third-order valence-electron chi connectivity index (χ3n) is 3.21. The summed E-state index contributed by atoms with van der Waals surface area (Å²) >= 11 is 4.99. The number of nitrogens with zero attached hydrogens (tertiary/aromatic N) is 2. The lowest BCUT2D eigenvalue weighted by molar-refractivity contribution is -0.385. The highest BCUT2D eigenvalue weighted by molar-refractivity contribution is 7.80.